The van der Waals surface area contributed by atoms with Gasteiger partial charge in [-0.05, 0) is 32.7 Å². The summed E-state index contributed by atoms with van der Waals surface area (Å²) < 4.78 is 0. The third kappa shape index (κ3) is 3.14. The van der Waals surface area contributed by atoms with Crippen molar-refractivity contribution in [2.24, 2.45) is 5.92 Å². The molecule has 0 bridgehead atoms. The molecule has 0 aromatic carbocycles. The SMILES string of the molecule is CN(C)CC1CC(O)CN1C(=O)C1CCSC1. The van der Waals surface area contributed by atoms with Gasteiger partial charge in [0, 0.05) is 30.8 Å². The van der Waals surface area contributed by atoms with Crippen molar-refractivity contribution in [1.29, 1.82) is 0 Å². The molecule has 0 saturated carbocycles. The highest BCUT2D eigenvalue weighted by atomic mass is 32.2. The summed E-state index contributed by atoms with van der Waals surface area (Å²) in [5, 5.41) is 9.76. The first kappa shape index (κ1) is 13.2. The van der Waals surface area contributed by atoms with Crippen LogP contribution in [-0.4, -0.2) is 71.6 Å². The topological polar surface area (TPSA) is 43.8 Å². The molecule has 2 fully saturated rings. The monoisotopic (exact) mass is 258 g/mol. The van der Waals surface area contributed by atoms with Crippen molar-refractivity contribution in [2.45, 2.75) is 25.0 Å². The first-order valence-corrected chi connectivity index (χ1v) is 7.44. The van der Waals surface area contributed by atoms with Crippen molar-refractivity contribution < 1.29 is 9.90 Å². The molecular formula is C12H22N2O2S. The summed E-state index contributed by atoms with van der Waals surface area (Å²) in [6, 6.07) is 0.193. The third-order valence-electron chi connectivity index (χ3n) is 3.53. The van der Waals surface area contributed by atoms with Gasteiger partial charge in [-0.15, -0.1) is 0 Å². The summed E-state index contributed by atoms with van der Waals surface area (Å²) >= 11 is 1.86. The van der Waals surface area contributed by atoms with Crippen LogP contribution in [-0.2, 0) is 4.79 Å². The van der Waals surface area contributed by atoms with Gasteiger partial charge in [0.05, 0.1) is 6.10 Å². The molecule has 0 radical (unpaired) electrons. The standard InChI is InChI=1S/C12H22N2O2S/c1-13(2)6-10-5-11(15)7-14(10)12(16)9-3-4-17-8-9/h9-11,15H,3-8H2,1-2H3. The fraction of sp³-hybridized carbons (Fsp3) is 0.917. The highest BCUT2D eigenvalue weighted by Gasteiger charge is 2.38. The van der Waals surface area contributed by atoms with Crippen LogP contribution in [0.5, 0.6) is 0 Å². The fourth-order valence-corrected chi connectivity index (χ4v) is 3.93. The minimum Gasteiger partial charge on any atom is -0.391 e. The smallest absolute Gasteiger partial charge is 0.226 e. The van der Waals surface area contributed by atoms with E-state index in [-0.39, 0.29) is 24.0 Å². The van der Waals surface area contributed by atoms with Crippen molar-refractivity contribution in [3.63, 3.8) is 0 Å². The van der Waals surface area contributed by atoms with Gasteiger partial charge in [-0.1, -0.05) is 0 Å². The molecule has 0 aromatic rings. The van der Waals surface area contributed by atoms with Gasteiger partial charge in [-0.3, -0.25) is 4.79 Å². The van der Waals surface area contributed by atoms with E-state index in [4.69, 9.17) is 0 Å². The number of thioether (sulfide) groups is 1. The molecule has 2 rings (SSSR count). The van der Waals surface area contributed by atoms with Crippen molar-refractivity contribution in [3.05, 3.63) is 0 Å². The number of rotatable bonds is 3. The molecule has 0 aromatic heterocycles. The predicted octanol–water partition coefficient (Wildman–Crippen LogP) is 0.263. The molecule has 4 nitrogen and oxygen atoms in total. The lowest BCUT2D eigenvalue weighted by Gasteiger charge is -2.28. The largest absolute Gasteiger partial charge is 0.391 e. The van der Waals surface area contributed by atoms with E-state index in [0.717, 1.165) is 30.9 Å². The minimum absolute atomic E-state index is 0.190. The molecule has 0 spiro atoms. The van der Waals surface area contributed by atoms with Gasteiger partial charge in [0.2, 0.25) is 5.91 Å². The van der Waals surface area contributed by atoms with Crippen LogP contribution in [0, 0.1) is 5.92 Å². The fourth-order valence-electron chi connectivity index (χ4n) is 2.72. The van der Waals surface area contributed by atoms with Gasteiger partial charge < -0.3 is 14.9 Å². The molecular weight excluding hydrogens is 236 g/mol. The number of carbonyl (C=O) groups excluding carboxylic acids is 1. The van der Waals surface area contributed by atoms with Crippen LogP contribution in [0.2, 0.25) is 0 Å². The van der Waals surface area contributed by atoms with Crippen LogP contribution in [0.25, 0.3) is 0 Å². The molecule has 3 atom stereocenters. The molecule has 2 saturated heterocycles. The Kier molecular flexibility index (Phi) is 4.33. The van der Waals surface area contributed by atoms with Crippen LogP contribution in [0.1, 0.15) is 12.8 Å². The summed E-state index contributed by atoms with van der Waals surface area (Å²) in [5.41, 5.74) is 0. The molecule has 5 heteroatoms. The van der Waals surface area contributed by atoms with E-state index in [9.17, 15) is 9.90 Å². The Hall–Kier alpha value is -0.260. The molecule has 3 unspecified atom stereocenters. The second kappa shape index (κ2) is 5.59. The van der Waals surface area contributed by atoms with Gasteiger partial charge in [0.25, 0.3) is 0 Å². The number of aliphatic hydroxyl groups excluding tert-OH is 1. The number of likely N-dealkylation sites (tertiary alicyclic amines) is 1. The molecule has 17 heavy (non-hydrogen) atoms. The molecule has 98 valence electrons. The quantitative estimate of drug-likeness (QED) is 0.789. The number of nitrogens with zero attached hydrogens (tertiary/aromatic N) is 2. The van der Waals surface area contributed by atoms with Crippen LogP contribution in [0.3, 0.4) is 0 Å². The minimum atomic E-state index is -0.335. The summed E-state index contributed by atoms with van der Waals surface area (Å²) in [5.74, 6) is 2.51. The van der Waals surface area contributed by atoms with Gasteiger partial charge in [0.1, 0.15) is 0 Å². The second-order valence-electron chi connectivity index (χ2n) is 5.36. The van der Waals surface area contributed by atoms with E-state index in [2.05, 4.69) is 4.90 Å². The zero-order valence-corrected chi connectivity index (χ0v) is 11.4. The Balaban J connectivity index is 1.98. The zero-order chi connectivity index (χ0) is 12.4. The number of hydrogen-bond donors (Lipinski definition) is 1. The van der Waals surface area contributed by atoms with Crippen molar-refractivity contribution >= 4 is 17.7 Å². The Morgan fingerprint density at radius 3 is 2.88 bits per heavy atom. The van der Waals surface area contributed by atoms with E-state index in [1.165, 1.54) is 0 Å². The maximum atomic E-state index is 12.4. The number of likely N-dealkylation sites (N-methyl/N-ethyl adjacent to an activating group) is 1. The third-order valence-corrected chi connectivity index (χ3v) is 4.69. The number of hydrogen-bond acceptors (Lipinski definition) is 4. The number of β-amino-alcohol motifs (C(OH)–C–C–N with tert-alkyl or cyclic N) is 1. The Bertz CT molecular complexity index is 280. The van der Waals surface area contributed by atoms with Gasteiger partial charge in [-0.2, -0.15) is 11.8 Å². The molecule has 2 aliphatic rings. The Morgan fingerprint density at radius 2 is 2.29 bits per heavy atom. The maximum Gasteiger partial charge on any atom is 0.226 e. The first-order chi connectivity index (χ1) is 8.08. The van der Waals surface area contributed by atoms with Crippen LogP contribution >= 0.6 is 11.8 Å². The van der Waals surface area contributed by atoms with E-state index in [1.54, 1.807) is 0 Å². The average molecular weight is 258 g/mol. The van der Waals surface area contributed by atoms with Crippen LogP contribution < -0.4 is 0 Å². The zero-order valence-electron chi connectivity index (χ0n) is 10.6. The lowest BCUT2D eigenvalue weighted by molar-refractivity contribution is -0.136. The lowest BCUT2D eigenvalue weighted by Crippen LogP contribution is -2.44. The first-order valence-electron chi connectivity index (χ1n) is 6.29. The molecule has 2 heterocycles. The highest BCUT2D eigenvalue weighted by Crippen LogP contribution is 2.28. The summed E-state index contributed by atoms with van der Waals surface area (Å²) in [6.45, 7) is 1.38. The van der Waals surface area contributed by atoms with Crippen molar-refractivity contribution in [3.8, 4) is 0 Å². The van der Waals surface area contributed by atoms with E-state index in [1.807, 2.05) is 30.8 Å². The molecule has 1 N–H and O–H groups in total. The van der Waals surface area contributed by atoms with E-state index < -0.39 is 0 Å². The predicted molar refractivity (Wildman–Crippen MR) is 70.1 cm³/mol. The Morgan fingerprint density at radius 1 is 1.53 bits per heavy atom. The maximum absolute atomic E-state index is 12.4. The number of aliphatic hydroxyl groups is 1. The van der Waals surface area contributed by atoms with Crippen LogP contribution in [0.4, 0.5) is 0 Å². The van der Waals surface area contributed by atoms with Crippen LogP contribution in [0.15, 0.2) is 0 Å². The van der Waals surface area contributed by atoms with Gasteiger partial charge >= 0.3 is 0 Å². The Labute approximate surface area is 107 Å². The summed E-state index contributed by atoms with van der Waals surface area (Å²) in [6.07, 6.45) is 1.40. The number of amides is 1. The molecule has 1 amide bonds. The molecule has 2 aliphatic heterocycles. The molecule has 0 aliphatic carbocycles. The lowest BCUT2D eigenvalue weighted by atomic mass is 10.1. The van der Waals surface area contributed by atoms with E-state index >= 15 is 0 Å². The summed E-state index contributed by atoms with van der Waals surface area (Å²) in [4.78, 5) is 16.4. The summed E-state index contributed by atoms with van der Waals surface area (Å²) in [7, 11) is 4.03. The van der Waals surface area contributed by atoms with Gasteiger partial charge in [-0.25, -0.2) is 0 Å². The van der Waals surface area contributed by atoms with Crippen molar-refractivity contribution in [1.82, 2.24) is 9.80 Å². The van der Waals surface area contributed by atoms with Crippen molar-refractivity contribution in [2.75, 3.05) is 38.7 Å². The number of carbonyl (C=O) groups is 1. The van der Waals surface area contributed by atoms with Gasteiger partial charge in [0.15, 0.2) is 0 Å². The second-order valence-corrected chi connectivity index (χ2v) is 6.51. The highest BCUT2D eigenvalue weighted by molar-refractivity contribution is 7.99. The normalized spacial score (nSPS) is 33.6. The van der Waals surface area contributed by atoms with E-state index in [0.29, 0.717) is 6.54 Å². The average Bonchev–Trinajstić information content (AvgIpc) is 2.85.